The van der Waals surface area contributed by atoms with Crippen molar-refractivity contribution in [1.29, 1.82) is 0 Å². The van der Waals surface area contributed by atoms with Crippen molar-refractivity contribution in [3.8, 4) is 0 Å². The average molecular weight is 389 g/mol. The smallest absolute Gasteiger partial charge is 0.243 e. The van der Waals surface area contributed by atoms with Crippen LogP contribution < -0.4 is 5.32 Å². The monoisotopic (exact) mass is 388 g/mol. The van der Waals surface area contributed by atoms with Gasteiger partial charge in [-0.15, -0.1) is 0 Å². The van der Waals surface area contributed by atoms with Gasteiger partial charge in [-0.05, 0) is 24.1 Å². The van der Waals surface area contributed by atoms with Gasteiger partial charge in [0.1, 0.15) is 0 Å². The molecule has 6 heteroatoms. The first-order chi connectivity index (χ1) is 12.9. The SMILES string of the molecule is CCCCCC(NC(=O)CN(C)S(=O)(=O)c1ccccc1)c1ccccc1. The molecule has 0 aromatic heterocycles. The summed E-state index contributed by atoms with van der Waals surface area (Å²) in [5.74, 6) is -0.303. The van der Waals surface area contributed by atoms with Gasteiger partial charge in [-0.3, -0.25) is 4.79 Å². The topological polar surface area (TPSA) is 66.5 Å². The highest BCUT2D eigenvalue weighted by Crippen LogP contribution is 2.20. The van der Waals surface area contributed by atoms with Crippen LogP contribution in [-0.2, 0) is 14.8 Å². The molecule has 0 aliphatic rings. The number of nitrogens with one attached hydrogen (secondary N) is 1. The van der Waals surface area contributed by atoms with Crippen LogP contribution in [0.5, 0.6) is 0 Å². The Morgan fingerprint density at radius 2 is 1.59 bits per heavy atom. The molecule has 2 rings (SSSR count). The van der Waals surface area contributed by atoms with Gasteiger partial charge in [-0.25, -0.2) is 8.42 Å². The number of carbonyl (C=O) groups excluding carboxylic acids is 1. The van der Waals surface area contributed by atoms with Crippen LogP contribution in [0.2, 0.25) is 0 Å². The summed E-state index contributed by atoms with van der Waals surface area (Å²) in [5, 5.41) is 3.00. The van der Waals surface area contributed by atoms with Crippen molar-refractivity contribution in [3.63, 3.8) is 0 Å². The van der Waals surface area contributed by atoms with E-state index in [1.54, 1.807) is 18.2 Å². The normalized spacial score (nSPS) is 12.7. The van der Waals surface area contributed by atoms with Crippen LogP contribution in [0.1, 0.15) is 44.2 Å². The first-order valence-electron chi connectivity index (χ1n) is 9.31. The number of sulfonamides is 1. The van der Waals surface area contributed by atoms with E-state index in [1.165, 1.54) is 19.2 Å². The molecule has 0 aliphatic carbocycles. The lowest BCUT2D eigenvalue weighted by molar-refractivity contribution is -0.121. The number of benzene rings is 2. The maximum Gasteiger partial charge on any atom is 0.243 e. The zero-order valence-corrected chi connectivity index (χ0v) is 16.8. The molecule has 2 aromatic carbocycles. The fraction of sp³-hybridized carbons (Fsp3) is 0.381. The molecule has 27 heavy (non-hydrogen) atoms. The summed E-state index contributed by atoms with van der Waals surface area (Å²) in [6.07, 6.45) is 4.04. The molecule has 1 unspecified atom stereocenters. The second kappa shape index (κ2) is 10.2. The second-order valence-corrected chi connectivity index (χ2v) is 8.65. The van der Waals surface area contributed by atoms with E-state index in [-0.39, 0.29) is 23.4 Å². The molecule has 0 spiro atoms. The van der Waals surface area contributed by atoms with Crippen LogP contribution in [0.25, 0.3) is 0 Å². The predicted octanol–water partition coefficient (Wildman–Crippen LogP) is 3.74. The maximum absolute atomic E-state index is 12.6. The van der Waals surface area contributed by atoms with Gasteiger partial charge in [-0.2, -0.15) is 4.31 Å². The van der Waals surface area contributed by atoms with Crippen molar-refractivity contribution >= 4 is 15.9 Å². The predicted molar refractivity (Wildman–Crippen MR) is 108 cm³/mol. The van der Waals surface area contributed by atoms with Crippen molar-refractivity contribution in [2.24, 2.45) is 0 Å². The highest BCUT2D eigenvalue weighted by Gasteiger charge is 2.24. The first-order valence-corrected chi connectivity index (χ1v) is 10.7. The maximum atomic E-state index is 12.6. The average Bonchev–Trinajstić information content (AvgIpc) is 2.68. The molecule has 0 saturated heterocycles. The molecule has 0 heterocycles. The zero-order valence-electron chi connectivity index (χ0n) is 16.0. The third-order valence-electron chi connectivity index (χ3n) is 4.45. The molecule has 0 aliphatic heterocycles. The van der Waals surface area contributed by atoms with Crippen LogP contribution >= 0.6 is 0 Å². The summed E-state index contributed by atoms with van der Waals surface area (Å²) in [5.41, 5.74) is 1.04. The zero-order chi connectivity index (χ0) is 19.7. The van der Waals surface area contributed by atoms with Gasteiger partial charge < -0.3 is 5.32 Å². The Labute approximate surface area is 162 Å². The van der Waals surface area contributed by atoms with E-state index in [0.717, 1.165) is 35.6 Å². The minimum atomic E-state index is -3.68. The number of hydrogen-bond acceptors (Lipinski definition) is 3. The Kier molecular flexibility index (Phi) is 8.00. The van der Waals surface area contributed by atoms with Crippen molar-refractivity contribution in [2.75, 3.05) is 13.6 Å². The van der Waals surface area contributed by atoms with E-state index < -0.39 is 10.0 Å². The quantitative estimate of drug-likeness (QED) is 0.631. The summed E-state index contributed by atoms with van der Waals surface area (Å²) in [7, 11) is -2.26. The lowest BCUT2D eigenvalue weighted by Crippen LogP contribution is -2.39. The molecule has 1 amide bonds. The van der Waals surface area contributed by atoms with Gasteiger partial charge >= 0.3 is 0 Å². The number of unbranched alkanes of at least 4 members (excludes halogenated alkanes) is 2. The second-order valence-electron chi connectivity index (χ2n) is 6.60. The summed E-state index contributed by atoms with van der Waals surface area (Å²) in [6.45, 7) is 1.92. The third-order valence-corrected chi connectivity index (χ3v) is 6.27. The van der Waals surface area contributed by atoms with E-state index in [2.05, 4.69) is 12.2 Å². The van der Waals surface area contributed by atoms with Crippen LogP contribution in [0.3, 0.4) is 0 Å². The minimum Gasteiger partial charge on any atom is -0.348 e. The standard InChI is InChI=1S/C21H28N2O3S/c1-3-4-7-16-20(18-12-8-5-9-13-18)22-21(24)17-23(2)27(25,26)19-14-10-6-11-15-19/h5-6,8-15,20H,3-4,7,16-17H2,1-2H3,(H,22,24). The molecular formula is C21H28N2O3S. The number of rotatable bonds is 10. The van der Waals surface area contributed by atoms with E-state index in [0.29, 0.717) is 0 Å². The first kappa shape index (κ1) is 21.1. The number of likely N-dealkylation sites (N-methyl/N-ethyl adjacent to an activating group) is 1. The van der Waals surface area contributed by atoms with Gasteiger partial charge in [0, 0.05) is 7.05 Å². The summed E-state index contributed by atoms with van der Waals surface area (Å²) < 4.78 is 26.2. The van der Waals surface area contributed by atoms with Gasteiger partial charge in [0.05, 0.1) is 17.5 Å². The number of amides is 1. The van der Waals surface area contributed by atoms with Gasteiger partial charge in [0.15, 0.2) is 0 Å². The van der Waals surface area contributed by atoms with Crippen LogP contribution in [0.15, 0.2) is 65.6 Å². The highest BCUT2D eigenvalue weighted by atomic mass is 32.2. The van der Waals surface area contributed by atoms with Gasteiger partial charge in [0.2, 0.25) is 15.9 Å². The van der Waals surface area contributed by atoms with Crippen molar-refractivity contribution < 1.29 is 13.2 Å². The van der Waals surface area contributed by atoms with Crippen LogP contribution in [-0.4, -0.2) is 32.2 Å². The number of carbonyl (C=O) groups is 1. The molecule has 2 aromatic rings. The van der Waals surface area contributed by atoms with Crippen molar-refractivity contribution in [1.82, 2.24) is 9.62 Å². The molecule has 1 atom stereocenters. The fourth-order valence-corrected chi connectivity index (χ4v) is 4.05. The van der Waals surface area contributed by atoms with E-state index in [4.69, 9.17) is 0 Å². The summed E-state index contributed by atoms with van der Waals surface area (Å²) >= 11 is 0. The summed E-state index contributed by atoms with van der Waals surface area (Å²) in [6, 6.07) is 17.8. The number of hydrogen-bond donors (Lipinski definition) is 1. The third kappa shape index (κ3) is 6.19. The molecule has 0 fully saturated rings. The molecule has 0 bridgehead atoms. The Balaban J connectivity index is 2.04. The largest absolute Gasteiger partial charge is 0.348 e. The fourth-order valence-electron chi connectivity index (χ4n) is 2.91. The van der Waals surface area contributed by atoms with E-state index in [9.17, 15) is 13.2 Å². The summed E-state index contributed by atoms with van der Waals surface area (Å²) in [4.78, 5) is 12.7. The Hall–Kier alpha value is -2.18. The van der Waals surface area contributed by atoms with Gasteiger partial charge in [-0.1, -0.05) is 74.7 Å². The number of nitrogens with zero attached hydrogens (tertiary/aromatic N) is 1. The molecule has 5 nitrogen and oxygen atoms in total. The Morgan fingerprint density at radius 3 is 2.19 bits per heavy atom. The van der Waals surface area contributed by atoms with Crippen LogP contribution in [0.4, 0.5) is 0 Å². The highest BCUT2D eigenvalue weighted by molar-refractivity contribution is 7.89. The molecule has 1 N–H and O–H groups in total. The van der Waals surface area contributed by atoms with Crippen molar-refractivity contribution in [3.05, 3.63) is 66.2 Å². The molecule has 146 valence electrons. The molecule has 0 saturated carbocycles. The van der Waals surface area contributed by atoms with E-state index in [1.807, 2.05) is 30.3 Å². The van der Waals surface area contributed by atoms with Crippen molar-refractivity contribution in [2.45, 2.75) is 43.5 Å². The van der Waals surface area contributed by atoms with Gasteiger partial charge in [0.25, 0.3) is 0 Å². The van der Waals surface area contributed by atoms with E-state index >= 15 is 0 Å². The molecule has 0 radical (unpaired) electrons. The lowest BCUT2D eigenvalue weighted by atomic mass is 10.0. The Morgan fingerprint density at radius 1 is 1.00 bits per heavy atom. The minimum absolute atomic E-state index is 0.113. The Bertz CT molecular complexity index is 808. The molecular weight excluding hydrogens is 360 g/mol. The van der Waals surface area contributed by atoms with Crippen LogP contribution in [0, 0.1) is 0 Å². The lowest BCUT2D eigenvalue weighted by Gasteiger charge is -2.22.